The van der Waals surface area contributed by atoms with Crippen molar-refractivity contribution in [3.05, 3.63) is 72.2 Å². The molecule has 4 heteroatoms. The van der Waals surface area contributed by atoms with Crippen LogP contribution in [-0.4, -0.2) is 22.5 Å². The lowest BCUT2D eigenvalue weighted by Crippen LogP contribution is -2.02. The number of pyridine rings is 1. The molecule has 0 bridgehead atoms. The Bertz CT molecular complexity index is 819. The van der Waals surface area contributed by atoms with Crippen molar-refractivity contribution >= 4 is 22.4 Å². The smallest absolute Gasteiger partial charge is 0.331 e. The summed E-state index contributed by atoms with van der Waals surface area (Å²) in [4.78, 5) is 19.2. The van der Waals surface area contributed by atoms with Gasteiger partial charge in [0, 0.05) is 35.7 Å². The summed E-state index contributed by atoms with van der Waals surface area (Å²) in [6.45, 7) is 2.14. The molecule has 2 heterocycles. The maximum absolute atomic E-state index is 11.9. The number of nitrogens with zero attached hydrogens (tertiary/aromatic N) is 1. The standard InChI is InChI=1S/C18H16N2O2/c1-2-22-18(21)11-16(15-4-3-8-19-12-15)14-6-5-13-7-9-20-17(13)10-14/h3-12,20H,2H2,1H3/b16-11-. The number of ether oxygens (including phenoxy) is 1. The summed E-state index contributed by atoms with van der Waals surface area (Å²) in [6, 6.07) is 11.8. The lowest BCUT2D eigenvalue weighted by Gasteiger charge is -2.08. The van der Waals surface area contributed by atoms with Crippen LogP contribution in [0.25, 0.3) is 16.5 Å². The summed E-state index contributed by atoms with van der Waals surface area (Å²) in [5, 5.41) is 1.13. The minimum Gasteiger partial charge on any atom is -0.463 e. The molecule has 1 aromatic carbocycles. The fraction of sp³-hybridized carbons (Fsp3) is 0.111. The highest BCUT2D eigenvalue weighted by molar-refractivity contribution is 5.97. The van der Waals surface area contributed by atoms with Crippen molar-refractivity contribution in [3.63, 3.8) is 0 Å². The van der Waals surface area contributed by atoms with Gasteiger partial charge in [-0.1, -0.05) is 18.2 Å². The summed E-state index contributed by atoms with van der Waals surface area (Å²) in [6.07, 6.45) is 6.86. The van der Waals surface area contributed by atoms with Gasteiger partial charge in [-0.25, -0.2) is 4.79 Å². The maximum atomic E-state index is 11.9. The van der Waals surface area contributed by atoms with Crippen LogP contribution in [0.15, 0.2) is 61.1 Å². The van der Waals surface area contributed by atoms with E-state index in [-0.39, 0.29) is 5.97 Å². The number of H-pyrrole nitrogens is 1. The number of aromatic amines is 1. The van der Waals surface area contributed by atoms with Gasteiger partial charge in [0.15, 0.2) is 0 Å². The van der Waals surface area contributed by atoms with Crippen LogP contribution in [-0.2, 0) is 9.53 Å². The average Bonchev–Trinajstić information content (AvgIpc) is 3.01. The minimum atomic E-state index is -0.354. The Balaban J connectivity index is 2.10. The van der Waals surface area contributed by atoms with Crippen LogP contribution in [0.2, 0.25) is 0 Å². The number of nitrogens with one attached hydrogen (secondary N) is 1. The molecule has 0 aliphatic heterocycles. The summed E-state index contributed by atoms with van der Waals surface area (Å²) in [5.41, 5.74) is 3.64. The molecule has 0 unspecified atom stereocenters. The van der Waals surface area contributed by atoms with Crippen LogP contribution in [0.4, 0.5) is 0 Å². The lowest BCUT2D eigenvalue weighted by molar-refractivity contribution is -0.137. The molecule has 1 N–H and O–H groups in total. The third-order valence-electron chi connectivity index (χ3n) is 3.39. The second-order valence-electron chi connectivity index (χ2n) is 4.83. The quantitative estimate of drug-likeness (QED) is 0.591. The van der Waals surface area contributed by atoms with E-state index in [0.29, 0.717) is 6.61 Å². The molecule has 22 heavy (non-hydrogen) atoms. The SMILES string of the molecule is CCOC(=O)/C=C(\c1cccnc1)c1ccc2cc[nH]c2c1. The number of carbonyl (C=O) groups is 1. The van der Waals surface area contributed by atoms with E-state index in [1.807, 2.05) is 42.6 Å². The highest BCUT2D eigenvalue weighted by Gasteiger charge is 2.10. The van der Waals surface area contributed by atoms with Gasteiger partial charge < -0.3 is 9.72 Å². The monoisotopic (exact) mass is 292 g/mol. The first-order chi connectivity index (χ1) is 10.8. The fourth-order valence-electron chi connectivity index (χ4n) is 2.37. The van der Waals surface area contributed by atoms with Crippen molar-refractivity contribution in [2.75, 3.05) is 6.61 Å². The second kappa shape index (κ2) is 6.26. The Hall–Kier alpha value is -2.88. The molecule has 0 radical (unpaired) electrons. The third-order valence-corrected chi connectivity index (χ3v) is 3.39. The normalized spacial score (nSPS) is 11.6. The Morgan fingerprint density at radius 3 is 2.95 bits per heavy atom. The second-order valence-corrected chi connectivity index (χ2v) is 4.83. The molecule has 0 fully saturated rings. The number of rotatable bonds is 4. The number of carbonyl (C=O) groups excluding carboxylic acids is 1. The van der Waals surface area contributed by atoms with Gasteiger partial charge >= 0.3 is 5.97 Å². The largest absolute Gasteiger partial charge is 0.463 e. The molecule has 4 nitrogen and oxygen atoms in total. The fourth-order valence-corrected chi connectivity index (χ4v) is 2.37. The zero-order chi connectivity index (χ0) is 15.4. The topological polar surface area (TPSA) is 55.0 Å². The van der Waals surface area contributed by atoms with E-state index in [2.05, 4.69) is 9.97 Å². The van der Waals surface area contributed by atoms with Gasteiger partial charge in [-0.05, 0) is 41.6 Å². The lowest BCUT2D eigenvalue weighted by atomic mass is 9.98. The van der Waals surface area contributed by atoms with E-state index in [0.717, 1.165) is 27.6 Å². The third kappa shape index (κ3) is 2.91. The molecule has 3 aromatic rings. The first-order valence-electron chi connectivity index (χ1n) is 7.14. The van der Waals surface area contributed by atoms with Gasteiger partial charge in [-0.15, -0.1) is 0 Å². The summed E-state index contributed by atoms with van der Waals surface area (Å²) < 4.78 is 5.04. The van der Waals surface area contributed by atoms with Crippen molar-refractivity contribution < 1.29 is 9.53 Å². The van der Waals surface area contributed by atoms with E-state index in [4.69, 9.17) is 4.74 Å². The van der Waals surface area contributed by atoms with Crippen LogP contribution < -0.4 is 0 Å². The molecular formula is C18H16N2O2. The molecule has 2 aromatic heterocycles. The number of benzene rings is 1. The zero-order valence-electron chi connectivity index (χ0n) is 12.2. The van der Waals surface area contributed by atoms with Crippen molar-refractivity contribution in [2.24, 2.45) is 0 Å². The number of esters is 1. The van der Waals surface area contributed by atoms with E-state index < -0.39 is 0 Å². The molecule has 0 aliphatic carbocycles. The van der Waals surface area contributed by atoms with Crippen LogP contribution in [0.1, 0.15) is 18.1 Å². The molecule has 3 rings (SSSR count). The average molecular weight is 292 g/mol. The van der Waals surface area contributed by atoms with E-state index in [9.17, 15) is 4.79 Å². The Morgan fingerprint density at radius 2 is 2.18 bits per heavy atom. The first kappa shape index (κ1) is 14.1. The van der Waals surface area contributed by atoms with Crippen molar-refractivity contribution in [1.29, 1.82) is 0 Å². The highest BCUT2D eigenvalue weighted by atomic mass is 16.5. The number of hydrogen-bond donors (Lipinski definition) is 1. The van der Waals surface area contributed by atoms with Crippen molar-refractivity contribution in [3.8, 4) is 0 Å². The van der Waals surface area contributed by atoms with Gasteiger partial charge in [0.1, 0.15) is 0 Å². The Kier molecular flexibility index (Phi) is 4.01. The summed E-state index contributed by atoms with van der Waals surface area (Å²) in [5.74, 6) is -0.354. The number of aromatic nitrogens is 2. The molecule has 0 spiro atoms. The predicted molar refractivity (Wildman–Crippen MR) is 86.2 cm³/mol. The van der Waals surface area contributed by atoms with E-state index in [1.54, 1.807) is 19.3 Å². The van der Waals surface area contributed by atoms with Gasteiger partial charge in [0.25, 0.3) is 0 Å². The molecule has 0 saturated heterocycles. The molecule has 110 valence electrons. The number of hydrogen-bond acceptors (Lipinski definition) is 3. The molecular weight excluding hydrogens is 276 g/mol. The van der Waals surface area contributed by atoms with Crippen LogP contribution >= 0.6 is 0 Å². The molecule has 0 amide bonds. The van der Waals surface area contributed by atoms with Crippen molar-refractivity contribution in [2.45, 2.75) is 6.92 Å². The van der Waals surface area contributed by atoms with Gasteiger partial charge in [0.05, 0.1) is 6.61 Å². The van der Waals surface area contributed by atoms with Crippen LogP contribution in [0.5, 0.6) is 0 Å². The summed E-state index contributed by atoms with van der Waals surface area (Å²) >= 11 is 0. The van der Waals surface area contributed by atoms with Gasteiger partial charge in [0.2, 0.25) is 0 Å². The van der Waals surface area contributed by atoms with E-state index in [1.165, 1.54) is 6.08 Å². The van der Waals surface area contributed by atoms with Crippen molar-refractivity contribution in [1.82, 2.24) is 9.97 Å². The van der Waals surface area contributed by atoms with Gasteiger partial charge in [-0.2, -0.15) is 0 Å². The van der Waals surface area contributed by atoms with E-state index >= 15 is 0 Å². The van der Waals surface area contributed by atoms with Crippen LogP contribution in [0.3, 0.4) is 0 Å². The number of fused-ring (bicyclic) bond motifs is 1. The molecule has 0 atom stereocenters. The Labute approximate surface area is 128 Å². The molecule has 0 saturated carbocycles. The van der Waals surface area contributed by atoms with Gasteiger partial charge in [-0.3, -0.25) is 4.98 Å². The highest BCUT2D eigenvalue weighted by Crippen LogP contribution is 2.26. The summed E-state index contributed by atoms with van der Waals surface area (Å²) in [7, 11) is 0. The first-order valence-corrected chi connectivity index (χ1v) is 7.14. The zero-order valence-corrected chi connectivity index (χ0v) is 12.2. The predicted octanol–water partition coefficient (Wildman–Crippen LogP) is 3.56. The van der Waals surface area contributed by atoms with Crippen LogP contribution in [0, 0.1) is 0 Å². The maximum Gasteiger partial charge on any atom is 0.331 e. The molecule has 0 aliphatic rings. The minimum absolute atomic E-state index is 0.352. The Morgan fingerprint density at radius 1 is 1.27 bits per heavy atom.